The van der Waals surface area contributed by atoms with Crippen molar-refractivity contribution < 1.29 is 19.1 Å². The van der Waals surface area contributed by atoms with E-state index in [4.69, 9.17) is 16.3 Å². The second kappa shape index (κ2) is 7.86. The summed E-state index contributed by atoms with van der Waals surface area (Å²) in [7, 11) is 0. The normalized spacial score (nSPS) is 13.9. The van der Waals surface area contributed by atoms with Gasteiger partial charge in [-0.3, -0.25) is 9.59 Å². The highest BCUT2D eigenvalue weighted by molar-refractivity contribution is 6.53. The van der Waals surface area contributed by atoms with E-state index in [1.54, 1.807) is 19.1 Å². The van der Waals surface area contributed by atoms with Gasteiger partial charge in [0.05, 0.1) is 17.9 Å². The predicted octanol–water partition coefficient (Wildman–Crippen LogP) is 3.92. The third-order valence-electron chi connectivity index (χ3n) is 4.16. The lowest BCUT2D eigenvalue weighted by Gasteiger charge is -2.18. The monoisotopic (exact) mass is 398 g/mol. The number of amides is 2. The lowest BCUT2D eigenvalue weighted by atomic mass is 10.1. The van der Waals surface area contributed by atoms with Crippen LogP contribution in [0.1, 0.15) is 28.4 Å². The maximum Gasteiger partial charge on any atom is 0.340 e. The summed E-state index contributed by atoms with van der Waals surface area (Å²) < 4.78 is 5.02. The number of para-hydroxylation sites is 1. The van der Waals surface area contributed by atoms with Gasteiger partial charge in [-0.15, -0.1) is 0 Å². The SMILES string of the molecule is CCOC(=O)c1ccccc1N1C(=O)C(Cl)=C(Nc2cc(C)cc(C)c2)C1=O. The predicted molar refractivity (Wildman–Crippen MR) is 107 cm³/mol. The molecule has 0 unspecified atom stereocenters. The van der Waals surface area contributed by atoms with E-state index in [-0.39, 0.29) is 28.6 Å². The van der Waals surface area contributed by atoms with Gasteiger partial charge in [0, 0.05) is 5.69 Å². The molecule has 1 aliphatic heterocycles. The van der Waals surface area contributed by atoms with E-state index in [1.807, 2.05) is 32.0 Å². The summed E-state index contributed by atoms with van der Waals surface area (Å²) in [5.74, 6) is -1.95. The number of hydrogen-bond donors (Lipinski definition) is 1. The number of anilines is 2. The zero-order valence-electron chi connectivity index (χ0n) is 15.7. The molecule has 1 aliphatic rings. The van der Waals surface area contributed by atoms with Crippen LogP contribution in [-0.4, -0.2) is 24.4 Å². The van der Waals surface area contributed by atoms with Crippen LogP contribution >= 0.6 is 11.6 Å². The van der Waals surface area contributed by atoms with Gasteiger partial charge in [0.2, 0.25) is 0 Å². The lowest BCUT2D eigenvalue weighted by molar-refractivity contribution is -0.120. The minimum Gasteiger partial charge on any atom is -0.462 e. The average Bonchev–Trinajstić information content (AvgIpc) is 2.84. The molecule has 0 atom stereocenters. The maximum atomic E-state index is 13.0. The van der Waals surface area contributed by atoms with E-state index >= 15 is 0 Å². The summed E-state index contributed by atoms with van der Waals surface area (Å²) >= 11 is 6.18. The fraction of sp³-hybridized carbons (Fsp3) is 0.190. The Bertz CT molecular complexity index is 993. The average molecular weight is 399 g/mol. The Balaban J connectivity index is 1.97. The Kier molecular flexibility index (Phi) is 5.51. The van der Waals surface area contributed by atoms with Crippen molar-refractivity contribution in [1.82, 2.24) is 0 Å². The van der Waals surface area contributed by atoms with Crippen molar-refractivity contribution in [2.45, 2.75) is 20.8 Å². The smallest absolute Gasteiger partial charge is 0.340 e. The second-order valence-corrected chi connectivity index (χ2v) is 6.75. The number of aryl methyl sites for hydroxylation is 2. The zero-order valence-corrected chi connectivity index (χ0v) is 16.5. The molecule has 0 saturated heterocycles. The van der Waals surface area contributed by atoms with Crippen LogP contribution in [0.15, 0.2) is 53.2 Å². The summed E-state index contributed by atoms with van der Waals surface area (Å²) in [4.78, 5) is 38.8. The number of benzene rings is 2. The fourth-order valence-electron chi connectivity index (χ4n) is 3.07. The van der Waals surface area contributed by atoms with Gasteiger partial charge in [-0.2, -0.15) is 0 Å². The Labute approximate surface area is 167 Å². The van der Waals surface area contributed by atoms with Crippen LogP contribution in [-0.2, 0) is 14.3 Å². The highest BCUT2D eigenvalue weighted by Crippen LogP contribution is 2.32. The molecule has 1 N–H and O–H groups in total. The van der Waals surface area contributed by atoms with E-state index in [0.29, 0.717) is 5.69 Å². The summed E-state index contributed by atoms with van der Waals surface area (Å²) in [6.07, 6.45) is 0. The van der Waals surface area contributed by atoms with Crippen molar-refractivity contribution in [2.24, 2.45) is 0 Å². The van der Waals surface area contributed by atoms with Crippen LogP contribution in [0.5, 0.6) is 0 Å². The minimum absolute atomic E-state index is 0.0321. The fourth-order valence-corrected chi connectivity index (χ4v) is 3.28. The third-order valence-corrected chi connectivity index (χ3v) is 4.51. The van der Waals surface area contributed by atoms with Crippen molar-refractivity contribution in [3.63, 3.8) is 0 Å². The molecule has 0 spiro atoms. The van der Waals surface area contributed by atoms with Gasteiger partial charge in [0.15, 0.2) is 0 Å². The first-order valence-electron chi connectivity index (χ1n) is 8.73. The lowest BCUT2D eigenvalue weighted by Crippen LogP contribution is -2.33. The molecule has 0 radical (unpaired) electrons. The summed E-state index contributed by atoms with van der Waals surface area (Å²) in [5, 5.41) is 2.71. The van der Waals surface area contributed by atoms with Gasteiger partial charge in [0.1, 0.15) is 10.7 Å². The van der Waals surface area contributed by atoms with Crippen molar-refractivity contribution in [1.29, 1.82) is 0 Å². The number of carbonyl (C=O) groups excluding carboxylic acids is 3. The molecule has 144 valence electrons. The van der Waals surface area contributed by atoms with Gasteiger partial charge >= 0.3 is 5.97 Å². The first-order chi connectivity index (χ1) is 13.3. The molecule has 7 heteroatoms. The molecule has 2 aromatic rings. The molecule has 0 aromatic heterocycles. The number of halogens is 1. The van der Waals surface area contributed by atoms with Crippen molar-refractivity contribution in [3.05, 3.63) is 69.9 Å². The van der Waals surface area contributed by atoms with Gasteiger partial charge in [-0.25, -0.2) is 9.69 Å². The highest BCUT2D eigenvalue weighted by Gasteiger charge is 2.40. The number of nitrogens with zero attached hydrogens (tertiary/aromatic N) is 1. The molecule has 2 aromatic carbocycles. The zero-order chi connectivity index (χ0) is 20.4. The Morgan fingerprint density at radius 2 is 1.71 bits per heavy atom. The number of ether oxygens (including phenoxy) is 1. The summed E-state index contributed by atoms with van der Waals surface area (Å²) in [6, 6.07) is 11.9. The first kappa shape index (κ1) is 19.6. The van der Waals surface area contributed by atoms with Crippen LogP contribution in [0.25, 0.3) is 0 Å². The van der Waals surface area contributed by atoms with E-state index < -0.39 is 17.8 Å². The van der Waals surface area contributed by atoms with E-state index in [2.05, 4.69) is 5.32 Å². The molecule has 6 nitrogen and oxygen atoms in total. The highest BCUT2D eigenvalue weighted by atomic mass is 35.5. The molecule has 0 bridgehead atoms. The maximum absolute atomic E-state index is 13.0. The van der Waals surface area contributed by atoms with Crippen LogP contribution in [0.3, 0.4) is 0 Å². The Hall–Kier alpha value is -3.12. The molecule has 1 heterocycles. The van der Waals surface area contributed by atoms with Gasteiger partial charge in [-0.05, 0) is 56.2 Å². The van der Waals surface area contributed by atoms with Crippen LogP contribution in [0.4, 0.5) is 11.4 Å². The largest absolute Gasteiger partial charge is 0.462 e. The molecule has 0 saturated carbocycles. The van der Waals surface area contributed by atoms with E-state index in [9.17, 15) is 14.4 Å². The minimum atomic E-state index is -0.699. The number of esters is 1. The van der Waals surface area contributed by atoms with E-state index in [0.717, 1.165) is 16.0 Å². The molecule has 3 rings (SSSR count). The van der Waals surface area contributed by atoms with Gasteiger partial charge in [-0.1, -0.05) is 29.8 Å². The van der Waals surface area contributed by atoms with Gasteiger partial charge in [0.25, 0.3) is 11.8 Å². The second-order valence-electron chi connectivity index (χ2n) is 6.37. The molecule has 2 amide bonds. The van der Waals surface area contributed by atoms with E-state index in [1.165, 1.54) is 12.1 Å². The molecular weight excluding hydrogens is 380 g/mol. The number of nitrogens with one attached hydrogen (secondary N) is 1. The Morgan fingerprint density at radius 1 is 1.07 bits per heavy atom. The quantitative estimate of drug-likeness (QED) is 0.610. The number of carbonyl (C=O) groups is 3. The number of rotatable bonds is 5. The van der Waals surface area contributed by atoms with Gasteiger partial charge < -0.3 is 10.1 Å². The summed E-state index contributed by atoms with van der Waals surface area (Å²) in [6.45, 7) is 5.71. The number of hydrogen-bond acceptors (Lipinski definition) is 5. The molecule has 0 aliphatic carbocycles. The Morgan fingerprint density at radius 3 is 2.36 bits per heavy atom. The van der Waals surface area contributed by atoms with Crippen molar-refractivity contribution >= 4 is 40.8 Å². The topological polar surface area (TPSA) is 75.7 Å². The van der Waals surface area contributed by atoms with Crippen LogP contribution in [0.2, 0.25) is 0 Å². The molecule has 28 heavy (non-hydrogen) atoms. The number of imide groups is 1. The standard InChI is InChI=1S/C21H19ClN2O4/c1-4-28-21(27)15-7-5-6-8-16(15)24-19(25)17(22)18(20(24)26)23-14-10-12(2)9-13(3)11-14/h5-11,23H,4H2,1-3H3. The third kappa shape index (κ3) is 3.64. The molecular formula is C21H19ClN2O4. The molecule has 0 fully saturated rings. The van der Waals surface area contributed by atoms with Crippen LogP contribution < -0.4 is 10.2 Å². The van der Waals surface area contributed by atoms with Crippen molar-refractivity contribution in [3.8, 4) is 0 Å². The first-order valence-corrected chi connectivity index (χ1v) is 9.11. The van der Waals surface area contributed by atoms with Crippen LogP contribution in [0, 0.1) is 13.8 Å². The van der Waals surface area contributed by atoms with Crippen molar-refractivity contribution in [2.75, 3.05) is 16.8 Å². The summed E-state index contributed by atoms with van der Waals surface area (Å²) in [5.41, 5.74) is 2.86.